The lowest BCUT2D eigenvalue weighted by Gasteiger charge is -2.16. The second-order valence-electron chi connectivity index (χ2n) is 4.66. The quantitative estimate of drug-likeness (QED) is 0.697. The maximum Gasteiger partial charge on any atom is 0.459 e. The zero-order chi connectivity index (χ0) is 15.8. The number of nitrogens with two attached hydrogens (primary N) is 1. The standard InChI is InChI=1S/C13H12F5N3/c1-8-6-9(2-3-10(8)19)7-21-5-4-11(20-21)12(14,15)13(16,17)18/h2-6H,7,19H2,1H3. The highest BCUT2D eigenvalue weighted by atomic mass is 19.4. The van der Waals surface area contributed by atoms with E-state index in [1.54, 1.807) is 25.1 Å². The molecule has 0 bridgehead atoms. The molecule has 2 rings (SSSR count). The number of aromatic nitrogens is 2. The molecule has 3 nitrogen and oxygen atoms in total. The van der Waals surface area contributed by atoms with Crippen LogP contribution in [0.15, 0.2) is 30.5 Å². The molecule has 0 spiro atoms. The van der Waals surface area contributed by atoms with Gasteiger partial charge in [0, 0.05) is 11.9 Å². The third-order valence-electron chi connectivity index (χ3n) is 3.00. The first kappa shape index (κ1) is 15.3. The number of alkyl halides is 5. The first-order valence-electron chi connectivity index (χ1n) is 5.95. The van der Waals surface area contributed by atoms with Gasteiger partial charge in [-0.15, -0.1) is 0 Å². The van der Waals surface area contributed by atoms with Crippen LogP contribution in [-0.4, -0.2) is 16.0 Å². The van der Waals surface area contributed by atoms with E-state index in [9.17, 15) is 22.0 Å². The molecule has 0 aliphatic carbocycles. The second kappa shape index (κ2) is 5.01. The van der Waals surface area contributed by atoms with Gasteiger partial charge in [0.05, 0.1) is 6.54 Å². The van der Waals surface area contributed by atoms with Crippen molar-refractivity contribution >= 4 is 5.69 Å². The Labute approximate surface area is 117 Å². The zero-order valence-electron chi connectivity index (χ0n) is 11.0. The van der Waals surface area contributed by atoms with Crippen LogP contribution < -0.4 is 5.73 Å². The maximum absolute atomic E-state index is 13.1. The summed E-state index contributed by atoms with van der Waals surface area (Å²) in [5.74, 6) is -4.96. The van der Waals surface area contributed by atoms with Crippen LogP contribution >= 0.6 is 0 Å². The van der Waals surface area contributed by atoms with Gasteiger partial charge in [0.1, 0.15) is 5.69 Å². The van der Waals surface area contributed by atoms with Crippen molar-refractivity contribution in [2.75, 3.05) is 5.73 Å². The molecule has 114 valence electrons. The van der Waals surface area contributed by atoms with Crippen molar-refractivity contribution < 1.29 is 22.0 Å². The SMILES string of the molecule is Cc1cc(Cn2ccc(C(F)(F)C(F)(F)F)n2)ccc1N. The van der Waals surface area contributed by atoms with Crippen LogP contribution in [0.2, 0.25) is 0 Å². The van der Waals surface area contributed by atoms with Crippen molar-refractivity contribution in [1.29, 1.82) is 0 Å². The molecular weight excluding hydrogens is 293 g/mol. The number of hydrogen-bond donors (Lipinski definition) is 1. The van der Waals surface area contributed by atoms with Crippen LogP contribution in [0.25, 0.3) is 0 Å². The number of hydrogen-bond acceptors (Lipinski definition) is 2. The Hall–Kier alpha value is -2.12. The topological polar surface area (TPSA) is 43.8 Å². The maximum atomic E-state index is 13.1. The van der Waals surface area contributed by atoms with E-state index < -0.39 is 17.8 Å². The third kappa shape index (κ3) is 2.98. The van der Waals surface area contributed by atoms with Gasteiger partial charge in [0.2, 0.25) is 0 Å². The van der Waals surface area contributed by atoms with Crippen molar-refractivity contribution in [3.8, 4) is 0 Å². The average molecular weight is 305 g/mol. The molecule has 0 atom stereocenters. The Morgan fingerprint density at radius 3 is 2.38 bits per heavy atom. The molecule has 0 fully saturated rings. The molecular formula is C13H12F5N3. The predicted molar refractivity (Wildman–Crippen MR) is 66.9 cm³/mol. The van der Waals surface area contributed by atoms with Crippen LogP contribution in [0.3, 0.4) is 0 Å². The summed E-state index contributed by atoms with van der Waals surface area (Å²) in [5.41, 5.74) is 6.39. The Morgan fingerprint density at radius 1 is 1.14 bits per heavy atom. The van der Waals surface area contributed by atoms with E-state index in [0.29, 0.717) is 17.3 Å². The smallest absolute Gasteiger partial charge is 0.399 e. The number of aryl methyl sites for hydroxylation is 1. The number of rotatable bonds is 3. The van der Waals surface area contributed by atoms with Gasteiger partial charge >= 0.3 is 12.1 Å². The summed E-state index contributed by atoms with van der Waals surface area (Å²) in [6.07, 6.45) is -4.58. The van der Waals surface area contributed by atoms with Gasteiger partial charge in [-0.2, -0.15) is 27.1 Å². The largest absolute Gasteiger partial charge is 0.459 e. The van der Waals surface area contributed by atoms with E-state index in [1.807, 2.05) is 0 Å². The minimum absolute atomic E-state index is 0.0784. The Morgan fingerprint density at radius 2 is 1.81 bits per heavy atom. The van der Waals surface area contributed by atoms with E-state index >= 15 is 0 Å². The van der Waals surface area contributed by atoms with Gasteiger partial charge in [0.15, 0.2) is 0 Å². The highest BCUT2D eigenvalue weighted by Gasteiger charge is 2.60. The van der Waals surface area contributed by atoms with Crippen molar-refractivity contribution in [2.45, 2.75) is 25.6 Å². The number of nitrogen functional groups attached to an aromatic ring is 1. The molecule has 2 N–H and O–H groups in total. The minimum Gasteiger partial charge on any atom is -0.399 e. The predicted octanol–water partition coefficient (Wildman–Crippen LogP) is 3.48. The number of anilines is 1. The fraction of sp³-hybridized carbons (Fsp3) is 0.308. The summed E-state index contributed by atoms with van der Waals surface area (Å²) < 4.78 is 64.0. The number of benzene rings is 1. The molecule has 1 heterocycles. The molecule has 0 amide bonds. The van der Waals surface area contributed by atoms with Crippen molar-refractivity contribution in [3.05, 3.63) is 47.3 Å². The monoisotopic (exact) mass is 305 g/mol. The zero-order valence-corrected chi connectivity index (χ0v) is 11.0. The van der Waals surface area contributed by atoms with Crippen LogP contribution in [0.1, 0.15) is 16.8 Å². The second-order valence-corrected chi connectivity index (χ2v) is 4.66. The van der Waals surface area contributed by atoms with E-state index in [0.717, 1.165) is 16.4 Å². The fourth-order valence-corrected chi connectivity index (χ4v) is 1.79. The first-order valence-corrected chi connectivity index (χ1v) is 5.95. The molecule has 2 aromatic rings. The molecule has 0 aliphatic rings. The lowest BCUT2D eigenvalue weighted by molar-refractivity contribution is -0.291. The van der Waals surface area contributed by atoms with Gasteiger partial charge < -0.3 is 5.73 Å². The summed E-state index contributed by atoms with van der Waals surface area (Å²) >= 11 is 0. The van der Waals surface area contributed by atoms with E-state index in [2.05, 4.69) is 5.10 Å². The van der Waals surface area contributed by atoms with Crippen molar-refractivity contribution in [1.82, 2.24) is 9.78 Å². The van der Waals surface area contributed by atoms with Gasteiger partial charge in [-0.3, -0.25) is 4.68 Å². The highest BCUT2D eigenvalue weighted by Crippen LogP contribution is 2.42. The van der Waals surface area contributed by atoms with E-state index in [-0.39, 0.29) is 6.54 Å². The first-order chi connectivity index (χ1) is 9.61. The summed E-state index contributed by atoms with van der Waals surface area (Å²) in [6.45, 7) is 1.85. The molecule has 0 saturated carbocycles. The summed E-state index contributed by atoms with van der Waals surface area (Å²) in [4.78, 5) is 0. The number of nitrogens with zero attached hydrogens (tertiary/aromatic N) is 2. The Bertz CT molecular complexity index is 645. The van der Waals surface area contributed by atoms with Crippen LogP contribution in [0.5, 0.6) is 0 Å². The summed E-state index contributed by atoms with van der Waals surface area (Å²) in [5, 5.41) is 3.31. The Kier molecular flexibility index (Phi) is 3.65. The molecule has 0 radical (unpaired) electrons. The lowest BCUT2D eigenvalue weighted by atomic mass is 10.1. The van der Waals surface area contributed by atoms with Gasteiger partial charge in [-0.1, -0.05) is 12.1 Å². The molecule has 0 aliphatic heterocycles. The molecule has 8 heteroatoms. The van der Waals surface area contributed by atoms with Crippen molar-refractivity contribution in [3.63, 3.8) is 0 Å². The Balaban J connectivity index is 2.22. The normalized spacial score (nSPS) is 12.7. The van der Waals surface area contributed by atoms with E-state index in [4.69, 9.17) is 5.73 Å². The highest BCUT2D eigenvalue weighted by molar-refractivity contribution is 5.47. The summed E-state index contributed by atoms with van der Waals surface area (Å²) in [6, 6.07) is 5.68. The van der Waals surface area contributed by atoms with Crippen LogP contribution in [0, 0.1) is 6.92 Å². The van der Waals surface area contributed by atoms with Crippen molar-refractivity contribution in [2.24, 2.45) is 0 Å². The summed E-state index contributed by atoms with van der Waals surface area (Å²) in [7, 11) is 0. The number of halogens is 5. The molecule has 0 saturated heterocycles. The molecule has 21 heavy (non-hydrogen) atoms. The van der Waals surface area contributed by atoms with Crippen LogP contribution in [-0.2, 0) is 12.5 Å². The molecule has 1 aromatic carbocycles. The average Bonchev–Trinajstić information content (AvgIpc) is 2.81. The lowest BCUT2D eigenvalue weighted by Crippen LogP contribution is -2.34. The third-order valence-corrected chi connectivity index (χ3v) is 3.00. The molecule has 1 aromatic heterocycles. The van der Waals surface area contributed by atoms with Gasteiger partial charge in [0.25, 0.3) is 0 Å². The molecule has 0 unspecified atom stereocenters. The van der Waals surface area contributed by atoms with Gasteiger partial charge in [-0.05, 0) is 30.2 Å². The minimum atomic E-state index is -5.66. The van der Waals surface area contributed by atoms with E-state index in [1.165, 1.54) is 0 Å². The van der Waals surface area contributed by atoms with Crippen LogP contribution in [0.4, 0.5) is 27.6 Å². The van der Waals surface area contributed by atoms with Gasteiger partial charge in [-0.25, -0.2) is 0 Å². The fourth-order valence-electron chi connectivity index (χ4n) is 1.79.